The highest BCUT2D eigenvalue weighted by molar-refractivity contribution is 6.30. The van der Waals surface area contributed by atoms with E-state index in [-0.39, 0.29) is 5.91 Å². The van der Waals surface area contributed by atoms with E-state index in [0.717, 1.165) is 42.0 Å². The number of halogens is 1. The largest absolute Gasteiger partial charge is 0.494 e. The Bertz CT molecular complexity index is 1160. The van der Waals surface area contributed by atoms with E-state index in [9.17, 15) is 4.79 Å². The van der Waals surface area contributed by atoms with Gasteiger partial charge in [0.2, 0.25) is 0 Å². The molecule has 0 bridgehead atoms. The van der Waals surface area contributed by atoms with Gasteiger partial charge >= 0.3 is 0 Å². The second-order valence-electron chi connectivity index (χ2n) is 7.43. The highest BCUT2D eigenvalue weighted by atomic mass is 35.5. The minimum Gasteiger partial charge on any atom is -0.494 e. The molecule has 0 aliphatic carbocycles. The smallest absolute Gasteiger partial charge is 0.252 e. The van der Waals surface area contributed by atoms with Gasteiger partial charge in [0, 0.05) is 36.9 Å². The number of unbranched alkanes of at least 4 members (excludes halogenated alkanes) is 1. The van der Waals surface area contributed by atoms with Crippen molar-refractivity contribution in [3.63, 3.8) is 0 Å². The van der Waals surface area contributed by atoms with Crippen LogP contribution in [0, 0.1) is 0 Å². The maximum absolute atomic E-state index is 12.3. The van der Waals surface area contributed by atoms with Crippen LogP contribution in [0.1, 0.15) is 29.0 Å². The van der Waals surface area contributed by atoms with Gasteiger partial charge in [-0.05, 0) is 61.4 Å². The van der Waals surface area contributed by atoms with Crippen LogP contribution in [0.4, 0.5) is 0 Å². The summed E-state index contributed by atoms with van der Waals surface area (Å²) < 4.78 is 8.04. The molecule has 0 saturated carbocycles. The van der Waals surface area contributed by atoms with Crippen molar-refractivity contribution in [2.75, 3.05) is 13.2 Å². The van der Waals surface area contributed by atoms with Crippen LogP contribution >= 0.6 is 11.6 Å². The third kappa shape index (κ3) is 5.65. The summed E-state index contributed by atoms with van der Waals surface area (Å²) in [5, 5.41) is 3.66. The first-order valence-corrected chi connectivity index (χ1v) is 11.1. The number of ether oxygens (including phenoxy) is 1. The van der Waals surface area contributed by atoms with Crippen LogP contribution in [0.5, 0.6) is 5.75 Å². The molecule has 7 heteroatoms. The molecule has 4 aromatic rings. The second-order valence-corrected chi connectivity index (χ2v) is 7.86. The first kappa shape index (κ1) is 21.8. The van der Waals surface area contributed by atoms with Gasteiger partial charge in [0.05, 0.1) is 23.2 Å². The van der Waals surface area contributed by atoms with Crippen LogP contribution in [0.15, 0.2) is 73.1 Å². The molecule has 6 nitrogen and oxygen atoms in total. The van der Waals surface area contributed by atoms with Gasteiger partial charge in [-0.3, -0.25) is 9.78 Å². The average molecular weight is 449 g/mol. The van der Waals surface area contributed by atoms with Gasteiger partial charge in [0.25, 0.3) is 5.91 Å². The first-order valence-electron chi connectivity index (χ1n) is 10.7. The molecule has 2 aromatic heterocycles. The predicted octanol–water partition coefficient (Wildman–Crippen LogP) is 4.92. The van der Waals surface area contributed by atoms with Crippen molar-refractivity contribution in [1.29, 1.82) is 0 Å². The molecule has 4 rings (SSSR count). The van der Waals surface area contributed by atoms with Crippen molar-refractivity contribution in [2.45, 2.75) is 25.8 Å². The number of rotatable bonds is 10. The molecular weight excluding hydrogens is 424 g/mol. The molecule has 32 heavy (non-hydrogen) atoms. The molecule has 0 radical (unpaired) electrons. The Balaban J connectivity index is 1.32. The number of imidazole rings is 1. The average Bonchev–Trinajstić information content (AvgIpc) is 3.18. The standard InChI is InChI=1S/C25H25ClN4O2/c26-20-9-11-21(12-10-20)32-17-4-3-16-30-23-8-2-1-7-22(23)29-24(30)13-15-28-25(31)19-6-5-14-27-18-19/h1-2,5-12,14,18H,3-4,13,15-17H2,(H,28,31). The Hall–Kier alpha value is -3.38. The minimum atomic E-state index is -0.125. The van der Waals surface area contributed by atoms with Crippen LogP contribution in [-0.2, 0) is 13.0 Å². The Kier molecular flexibility index (Phi) is 7.35. The number of aryl methyl sites for hydroxylation is 1. The van der Waals surface area contributed by atoms with E-state index >= 15 is 0 Å². The molecular formula is C25H25ClN4O2. The lowest BCUT2D eigenvalue weighted by Crippen LogP contribution is -2.26. The van der Waals surface area contributed by atoms with Crippen LogP contribution in [0.2, 0.25) is 5.02 Å². The van der Waals surface area contributed by atoms with Crippen molar-refractivity contribution < 1.29 is 9.53 Å². The summed E-state index contributed by atoms with van der Waals surface area (Å²) in [6.07, 6.45) is 5.76. The van der Waals surface area contributed by atoms with Crippen LogP contribution < -0.4 is 10.1 Å². The van der Waals surface area contributed by atoms with E-state index in [2.05, 4.69) is 20.9 Å². The molecule has 0 atom stereocenters. The number of hydrogen-bond acceptors (Lipinski definition) is 4. The summed E-state index contributed by atoms with van der Waals surface area (Å²) in [5.74, 6) is 1.67. The normalized spacial score (nSPS) is 10.9. The van der Waals surface area contributed by atoms with Gasteiger partial charge in [-0.1, -0.05) is 23.7 Å². The monoisotopic (exact) mass is 448 g/mol. The number of hydrogen-bond donors (Lipinski definition) is 1. The number of amides is 1. The number of nitrogens with one attached hydrogen (secondary N) is 1. The van der Waals surface area contributed by atoms with Gasteiger partial charge < -0.3 is 14.6 Å². The van der Waals surface area contributed by atoms with Gasteiger partial charge in [-0.15, -0.1) is 0 Å². The fraction of sp³-hybridized carbons (Fsp3) is 0.240. The number of carbonyl (C=O) groups is 1. The van der Waals surface area contributed by atoms with Crippen molar-refractivity contribution in [1.82, 2.24) is 19.9 Å². The SMILES string of the molecule is O=C(NCCc1nc2ccccc2n1CCCCOc1ccc(Cl)cc1)c1cccnc1. The van der Waals surface area contributed by atoms with Crippen molar-refractivity contribution in [3.8, 4) is 5.75 Å². The quantitative estimate of drug-likeness (QED) is 0.350. The highest BCUT2D eigenvalue weighted by Crippen LogP contribution is 2.18. The highest BCUT2D eigenvalue weighted by Gasteiger charge is 2.11. The van der Waals surface area contributed by atoms with Crippen molar-refractivity contribution >= 4 is 28.5 Å². The zero-order valence-electron chi connectivity index (χ0n) is 17.7. The number of carbonyl (C=O) groups excluding carboxylic acids is 1. The number of benzene rings is 2. The van der Waals surface area contributed by atoms with Crippen LogP contribution in [0.25, 0.3) is 11.0 Å². The van der Waals surface area contributed by atoms with E-state index in [1.165, 1.54) is 0 Å². The zero-order chi connectivity index (χ0) is 22.2. The van der Waals surface area contributed by atoms with Crippen LogP contribution in [0.3, 0.4) is 0 Å². The van der Waals surface area contributed by atoms with Crippen molar-refractivity contribution in [2.24, 2.45) is 0 Å². The van der Waals surface area contributed by atoms with E-state index in [4.69, 9.17) is 21.3 Å². The number of para-hydroxylation sites is 2. The fourth-order valence-electron chi connectivity index (χ4n) is 3.55. The summed E-state index contributed by atoms with van der Waals surface area (Å²) in [6.45, 7) is 2.00. The first-order chi connectivity index (χ1) is 15.7. The van der Waals surface area contributed by atoms with E-state index in [0.29, 0.717) is 30.2 Å². The van der Waals surface area contributed by atoms with Gasteiger partial charge in [0.1, 0.15) is 11.6 Å². The molecule has 1 amide bonds. The van der Waals surface area contributed by atoms with Gasteiger partial charge in [-0.2, -0.15) is 0 Å². The maximum Gasteiger partial charge on any atom is 0.252 e. The Morgan fingerprint density at radius 1 is 1.03 bits per heavy atom. The molecule has 0 unspecified atom stereocenters. The molecule has 0 fully saturated rings. The summed E-state index contributed by atoms with van der Waals surface area (Å²) in [5.41, 5.74) is 2.64. The summed E-state index contributed by atoms with van der Waals surface area (Å²) in [6, 6.07) is 19.0. The lowest BCUT2D eigenvalue weighted by Gasteiger charge is -2.11. The van der Waals surface area contributed by atoms with E-state index in [1.807, 2.05) is 42.5 Å². The lowest BCUT2D eigenvalue weighted by atomic mass is 10.2. The second kappa shape index (κ2) is 10.8. The third-order valence-electron chi connectivity index (χ3n) is 5.15. The van der Waals surface area contributed by atoms with Gasteiger partial charge in [0.15, 0.2) is 0 Å². The Morgan fingerprint density at radius 3 is 2.69 bits per heavy atom. The maximum atomic E-state index is 12.3. The summed E-state index contributed by atoms with van der Waals surface area (Å²) >= 11 is 5.91. The molecule has 1 N–H and O–H groups in total. The Labute approximate surface area is 192 Å². The minimum absolute atomic E-state index is 0.125. The topological polar surface area (TPSA) is 69.0 Å². The molecule has 0 saturated heterocycles. The van der Waals surface area contributed by atoms with Gasteiger partial charge in [-0.25, -0.2) is 4.98 Å². The lowest BCUT2D eigenvalue weighted by molar-refractivity contribution is 0.0953. The summed E-state index contributed by atoms with van der Waals surface area (Å²) in [7, 11) is 0. The number of aromatic nitrogens is 3. The number of fused-ring (bicyclic) bond motifs is 1. The number of nitrogens with zero attached hydrogens (tertiary/aromatic N) is 3. The number of pyridine rings is 1. The van der Waals surface area contributed by atoms with E-state index < -0.39 is 0 Å². The molecule has 164 valence electrons. The molecule has 2 aromatic carbocycles. The molecule has 0 aliphatic heterocycles. The molecule has 0 aliphatic rings. The fourth-order valence-corrected chi connectivity index (χ4v) is 3.67. The third-order valence-corrected chi connectivity index (χ3v) is 5.40. The van der Waals surface area contributed by atoms with E-state index in [1.54, 1.807) is 24.5 Å². The summed E-state index contributed by atoms with van der Waals surface area (Å²) in [4.78, 5) is 21.1. The Morgan fingerprint density at radius 2 is 1.88 bits per heavy atom. The van der Waals surface area contributed by atoms with Crippen molar-refractivity contribution in [3.05, 3.63) is 89.5 Å². The van der Waals surface area contributed by atoms with Crippen LogP contribution in [-0.4, -0.2) is 33.6 Å². The predicted molar refractivity (Wildman–Crippen MR) is 126 cm³/mol. The zero-order valence-corrected chi connectivity index (χ0v) is 18.5. The molecule has 0 spiro atoms. The molecule has 2 heterocycles.